The Morgan fingerprint density at radius 2 is 1.87 bits per heavy atom. The minimum atomic E-state index is 0.245. The minimum Gasteiger partial charge on any atom is -0.494 e. The number of amides is 1. The van der Waals surface area contributed by atoms with Gasteiger partial charge in [-0.3, -0.25) is 4.79 Å². The number of benzene rings is 1. The Hall–Kier alpha value is -2.30. The van der Waals surface area contributed by atoms with Crippen LogP contribution in [0.1, 0.15) is 57.4 Å². The van der Waals surface area contributed by atoms with Crippen molar-refractivity contribution in [3.8, 4) is 5.75 Å². The van der Waals surface area contributed by atoms with Crippen molar-refractivity contribution in [2.45, 2.75) is 58.8 Å². The fourth-order valence-corrected chi connectivity index (χ4v) is 5.31. The summed E-state index contributed by atoms with van der Waals surface area (Å²) >= 11 is 0. The van der Waals surface area contributed by atoms with Crippen LogP contribution in [0.2, 0.25) is 0 Å². The Bertz CT molecular complexity index is 897. The fraction of sp³-hybridized carbons (Fsp3) is 0.615. The average Bonchev–Trinajstić information content (AvgIpc) is 2.82. The van der Waals surface area contributed by atoms with Crippen molar-refractivity contribution in [1.29, 1.82) is 0 Å². The summed E-state index contributed by atoms with van der Waals surface area (Å²) in [6, 6.07) is 8.23. The molecular weight excluding hydrogens is 386 g/mol. The molecule has 0 radical (unpaired) electrons. The Morgan fingerprint density at radius 1 is 1.13 bits per heavy atom. The number of anilines is 1. The zero-order valence-electron chi connectivity index (χ0n) is 19.4. The van der Waals surface area contributed by atoms with Gasteiger partial charge in [0.1, 0.15) is 17.1 Å². The minimum absolute atomic E-state index is 0.245. The van der Waals surface area contributed by atoms with Crippen molar-refractivity contribution in [2.24, 2.45) is 11.8 Å². The summed E-state index contributed by atoms with van der Waals surface area (Å²) in [5.41, 5.74) is 2.12. The number of carbonyl (C=O) groups is 1. The van der Waals surface area contributed by atoms with Crippen LogP contribution in [0.5, 0.6) is 5.75 Å². The van der Waals surface area contributed by atoms with Gasteiger partial charge in [-0.05, 0) is 56.2 Å². The van der Waals surface area contributed by atoms with Crippen LogP contribution in [0.15, 0.2) is 24.3 Å². The first-order valence-electron chi connectivity index (χ1n) is 12.1. The number of para-hydroxylation sites is 1. The van der Waals surface area contributed by atoms with Crippen molar-refractivity contribution in [3.63, 3.8) is 0 Å². The van der Waals surface area contributed by atoms with Crippen LogP contribution in [0.4, 0.5) is 5.82 Å². The van der Waals surface area contributed by atoms with Gasteiger partial charge >= 0.3 is 0 Å². The third kappa shape index (κ3) is 4.81. The first-order chi connectivity index (χ1) is 15.1. The van der Waals surface area contributed by atoms with E-state index in [9.17, 15) is 4.79 Å². The quantitative estimate of drug-likeness (QED) is 0.641. The molecule has 5 heteroatoms. The van der Waals surface area contributed by atoms with E-state index in [4.69, 9.17) is 9.72 Å². The van der Waals surface area contributed by atoms with Gasteiger partial charge in [0, 0.05) is 37.5 Å². The van der Waals surface area contributed by atoms with Gasteiger partial charge < -0.3 is 14.5 Å². The van der Waals surface area contributed by atoms with Crippen molar-refractivity contribution in [1.82, 2.24) is 9.88 Å². The molecule has 0 atom stereocenters. The highest BCUT2D eigenvalue weighted by Crippen LogP contribution is 2.33. The number of hydrogen-bond donors (Lipinski definition) is 0. The van der Waals surface area contributed by atoms with E-state index in [-0.39, 0.29) is 5.92 Å². The third-order valence-electron chi connectivity index (χ3n) is 7.29. The SMILES string of the molecule is CCCCC1CCC(C(=O)N2CCN(c3cc(C)c4cccc(OC)c4n3)CC2)CC1. The Morgan fingerprint density at radius 3 is 2.55 bits per heavy atom. The molecule has 2 aliphatic rings. The molecule has 0 N–H and O–H groups in total. The average molecular weight is 424 g/mol. The number of aryl methyl sites for hydroxylation is 1. The van der Waals surface area contributed by atoms with E-state index in [1.54, 1.807) is 7.11 Å². The lowest BCUT2D eigenvalue weighted by Gasteiger charge is -2.38. The lowest BCUT2D eigenvalue weighted by Crippen LogP contribution is -2.51. The van der Waals surface area contributed by atoms with Gasteiger partial charge in [-0.1, -0.05) is 38.3 Å². The maximum absolute atomic E-state index is 13.1. The fourth-order valence-electron chi connectivity index (χ4n) is 5.31. The Kier molecular flexibility index (Phi) is 6.99. The Balaban J connectivity index is 1.36. The van der Waals surface area contributed by atoms with Crippen LogP contribution in [-0.2, 0) is 4.79 Å². The van der Waals surface area contributed by atoms with Gasteiger partial charge in [-0.2, -0.15) is 0 Å². The van der Waals surface area contributed by atoms with Crippen LogP contribution in [-0.4, -0.2) is 49.1 Å². The third-order valence-corrected chi connectivity index (χ3v) is 7.29. The Labute approximate surface area is 186 Å². The molecule has 0 unspecified atom stereocenters. The lowest BCUT2D eigenvalue weighted by molar-refractivity contribution is -0.137. The molecule has 1 aromatic heterocycles. The summed E-state index contributed by atoms with van der Waals surface area (Å²) in [5.74, 6) is 3.27. The van der Waals surface area contributed by atoms with Gasteiger partial charge in [-0.15, -0.1) is 0 Å². The van der Waals surface area contributed by atoms with Crippen molar-refractivity contribution < 1.29 is 9.53 Å². The molecule has 1 amide bonds. The number of hydrogen-bond acceptors (Lipinski definition) is 4. The van der Waals surface area contributed by atoms with E-state index < -0.39 is 0 Å². The molecule has 2 aromatic rings. The molecular formula is C26H37N3O2. The standard InChI is InChI=1S/C26H37N3O2/c1-4-5-7-20-10-12-21(13-11-20)26(30)29-16-14-28(15-17-29)24-18-19(2)22-8-6-9-23(31-3)25(22)27-24/h6,8-9,18,20-21H,4-5,7,10-17H2,1-3H3. The molecule has 31 heavy (non-hydrogen) atoms. The first kappa shape index (κ1) is 21.9. The monoisotopic (exact) mass is 423 g/mol. The maximum Gasteiger partial charge on any atom is 0.225 e. The number of fused-ring (bicyclic) bond motifs is 1. The molecule has 4 rings (SSSR count). The molecule has 1 saturated heterocycles. The first-order valence-corrected chi connectivity index (χ1v) is 12.1. The zero-order valence-corrected chi connectivity index (χ0v) is 19.4. The second-order valence-corrected chi connectivity index (χ2v) is 9.33. The van der Waals surface area contributed by atoms with E-state index in [1.807, 2.05) is 12.1 Å². The summed E-state index contributed by atoms with van der Waals surface area (Å²) in [6.07, 6.45) is 8.59. The van der Waals surface area contributed by atoms with E-state index in [0.717, 1.165) is 67.4 Å². The van der Waals surface area contributed by atoms with Gasteiger partial charge in [0.25, 0.3) is 0 Å². The molecule has 168 valence electrons. The van der Waals surface area contributed by atoms with Gasteiger partial charge in [0.05, 0.1) is 7.11 Å². The van der Waals surface area contributed by atoms with E-state index in [2.05, 4.69) is 35.8 Å². The molecule has 0 bridgehead atoms. The number of piperazine rings is 1. The molecule has 1 aliphatic carbocycles. The second kappa shape index (κ2) is 9.88. The van der Waals surface area contributed by atoms with Gasteiger partial charge in [0.2, 0.25) is 5.91 Å². The van der Waals surface area contributed by atoms with Crippen LogP contribution >= 0.6 is 0 Å². The number of carbonyl (C=O) groups excluding carboxylic acids is 1. The number of aromatic nitrogens is 1. The summed E-state index contributed by atoms with van der Waals surface area (Å²) in [5, 5.41) is 1.13. The highest BCUT2D eigenvalue weighted by atomic mass is 16.5. The van der Waals surface area contributed by atoms with E-state index in [1.165, 1.54) is 37.7 Å². The van der Waals surface area contributed by atoms with Crippen LogP contribution < -0.4 is 9.64 Å². The van der Waals surface area contributed by atoms with Crippen molar-refractivity contribution >= 4 is 22.6 Å². The number of rotatable bonds is 6. The summed E-state index contributed by atoms with van der Waals surface area (Å²) in [4.78, 5) is 22.4. The predicted octanol–water partition coefficient (Wildman–Crippen LogP) is 5.20. The van der Waals surface area contributed by atoms with E-state index in [0.29, 0.717) is 5.91 Å². The summed E-state index contributed by atoms with van der Waals surface area (Å²) in [7, 11) is 1.69. The number of unbranched alkanes of at least 4 members (excludes halogenated alkanes) is 1. The van der Waals surface area contributed by atoms with Crippen molar-refractivity contribution in [3.05, 3.63) is 29.8 Å². The highest BCUT2D eigenvalue weighted by molar-refractivity contribution is 5.89. The number of pyridine rings is 1. The molecule has 1 aromatic carbocycles. The molecule has 2 fully saturated rings. The van der Waals surface area contributed by atoms with Gasteiger partial charge in [-0.25, -0.2) is 4.98 Å². The zero-order chi connectivity index (χ0) is 21.8. The molecule has 2 heterocycles. The number of nitrogens with zero attached hydrogens (tertiary/aromatic N) is 3. The topological polar surface area (TPSA) is 45.7 Å². The normalized spacial score (nSPS) is 22.0. The smallest absolute Gasteiger partial charge is 0.225 e. The predicted molar refractivity (Wildman–Crippen MR) is 127 cm³/mol. The largest absolute Gasteiger partial charge is 0.494 e. The number of methoxy groups -OCH3 is 1. The molecule has 1 aliphatic heterocycles. The maximum atomic E-state index is 13.1. The summed E-state index contributed by atoms with van der Waals surface area (Å²) in [6.45, 7) is 7.65. The van der Waals surface area contributed by atoms with Crippen LogP contribution in [0.3, 0.4) is 0 Å². The van der Waals surface area contributed by atoms with Crippen LogP contribution in [0.25, 0.3) is 10.9 Å². The van der Waals surface area contributed by atoms with Crippen molar-refractivity contribution in [2.75, 3.05) is 38.2 Å². The second-order valence-electron chi connectivity index (χ2n) is 9.33. The molecule has 0 spiro atoms. The molecule has 1 saturated carbocycles. The molecule has 5 nitrogen and oxygen atoms in total. The highest BCUT2D eigenvalue weighted by Gasteiger charge is 2.31. The van der Waals surface area contributed by atoms with Crippen LogP contribution in [0, 0.1) is 18.8 Å². The van der Waals surface area contributed by atoms with Gasteiger partial charge in [0.15, 0.2) is 0 Å². The number of ether oxygens (including phenoxy) is 1. The van der Waals surface area contributed by atoms with E-state index >= 15 is 0 Å². The summed E-state index contributed by atoms with van der Waals surface area (Å²) < 4.78 is 5.54. The lowest BCUT2D eigenvalue weighted by atomic mass is 9.79.